The third kappa shape index (κ3) is 3.59. The van der Waals surface area contributed by atoms with Gasteiger partial charge in [0.15, 0.2) is 5.13 Å². The second-order valence-corrected chi connectivity index (χ2v) is 5.00. The zero-order chi connectivity index (χ0) is 13.7. The van der Waals surface area contributed by atoms with Crippen LogP contribution in [-0.2, 0) is 4.79 Å². The number of aromatic nitrogens is 2. The Morgan fingerprint density at radius 2 is 2.32 bits per heavy atom. The molecule has 1 atom stereocenters. The molecule has 2 heterocycles. The van der Waals surface area contributed by atoms with E-state index >= 15 is 0 Å². The van der Waals surface area contributed by atoms with Crippen LogP contribution in [0.4, 0.5) is 5.13 Å². The van der Waals surface area contributed by atoms with Crippen molar-refractivity contribution in [2.45, 2.75) is 25.8 Å². The molecule has 0 radical (unpaired) electrons. The Morgan fingerprint density at radius 3 is 3.00 bits per heavy atom. The molecule has 3 N–H and O–H groups in total. The summed E-state index contributed by atoms with van der Waals surface area (Å²) >= 11 is 1.37. The first-order chi connectivity index (χ1) is 9.20. The molecule has 1 unspecified atom stereocenters. The summed E-state index contributed by atoms with van der Waals surface area (Å²) in [5.41, 5.74) is 7.29. The van der Waals surface area contributed by atoms with Crippen molar-refractivity contribution >= 4 is 22.4 Å². The van der Waals surface area contributed by atoms with Gasteiger partial charge in [0.2, 0.25) is 5.91 Å². The van der Waals surface area contributed by atoms with E-state index in [1.807, 2.05) is 30.5 Å². The molecule has 0 aliphatic rings. The summed E-state index contributed by atoms with van der Waals surface area (Å²) in [5, 5.41) is 5.15. The van der Waals surface area contributed by atoms with Crippen molar-refractivity contribution in [2.75, 3.05) is 5.32 Å². The SMILES string of the molecule is CCCC(N)C(=O)Nc1nc(-c2ccccn2)cs1. The molecule has 2 aromatic rings. The molecule has 5 nitrogen and oxygen atoms in total. The van der Waals surface area contributed by atoms with Crippen LogP contribution in [0.3, 0.4) is 0 Å². The fourth-order valence-electron chi connectivity index (χ4n) is 1.60. The number of hydrogen-bond acceptors (Lipinski definition) is 5. The Kier molecular flexibility index (Phi) is 4.59. The van der Waals surface area contributed by atoms with Gasteiger partial charge in [0.25, 0.3) is 0 Å². The van der Waals surface area contributed by atoms with Gasteiger partial charge in [-0.25, -0.2) is 4.98 Å². The molecule has 0 aliphatic carbocycles. The number of amides is 1. The first kappa shape index (κ1) is 13.6. The van der Waals surface area contributed by atoms with Gasteiger partial charge in [0, 0.05) is 11.6 Å². The van der Waals surface area contributed by atoms with Crippen LogP contribution in [-0.4, -0.2) is 21.9 Å². The molecular weight excluding hydrogens is 260 g/mol. The molecule has 0 bridgehead atoms. The van der Waals surface area contributed by atoms with Crippen LogP contribution in [0.2, 0.25) is 0 Å². The van der Waals surface area contributed by atoms with Gasteiger partial charge in [-0.2, -0.15) is 0 Å². The third-order valence-electron chi connectivity index (χ3n) is 2.60. The van der Waals surface area contributed by atoms with Gasteiger partial charge in [0.05, 0.1) is 11.7 Å². The van der Waals surface area contributed by atoms with Crippen LogP contribution in [0, 0.1) is 0 Å². The molecular formula is C13H16N4OS. The zero-order valence-electron chi connectivity index (χ0n) is 10.7. The fraction of sp³-hybridized carbons (Fsp3) is 0.308. The summed E-state index contributed by atoms with van der Waals surface area (Å²) in [7, 11) is 0. The molecule has 0 aliphatic heterocycles. The highest BCUT2D eigenvalue weighted by molar-refractivity contribution is 7.14. The van der Waals surface area contributed by atoms with Crippen LogP contribution in [0.25, 0.3) is 11.4 Å². The maximum absolute atomic E-state index is 11.8. The van der Waals surface area contributed by atoms with Crippen molar-refractivity contribution in [2.24, 2.45) is 5.73 Å². The van der Waals surface area contributed by atoms with Gasteiger partial charge in [-0.15, -0.1) is 11.3 Å². The number of carbonyl (C=O) groups excluding carboxylic acids is 1. The summed E-state index contributed by atoms with van der Waals surface area (Å²) in [5.74, 6) is -0.191. The maximum atomic E-state index is 11.8. The molecule has 1 amide bonds. The lowest BCUT2D eigenvalue weighted by molar-refractivity contribution is -0.117. The van der Waals surface area contributed by atoms with E-state index in [0.29, 0.717) is 11.6 Å². The largest absolute Gasteiger partial charge is 0.320 e. The Hall–Kier alpha value is -1.79. The van der Waals surface area contributed by atoms with Crippen LogP contribution in [0.5, 0.6) is 0 Å². The molecule has 2 aromatic heterocycles. The highest BCUT2D eigenvalue weighted by Crippen LogP contribution is 2.23. The minimum Gasteiger partial charge on any atom is -0.320 e. The molecule has 0 spiro atoms. The van der Waals surface area contributed by atoms with Crippen LogP contribution in [0.1, 0.15) is 19.8 Å². The van der Waals surface area contributed by atoms with E-state index in [1.54, 1.807) is 6.20 Å². The highest BCUT2D eigenvalue weighted by atomic mass is 32.1. The first-order valence-corrected chi connectivity index (χ1v) is 7.02. The lowest BCUT2D eigenvalue weighted by Gasteiger charge is -2.08. The summed E-state index contributed by atoms with van der Waals surface area (Å²) < 4.78 is 0. The number of hydrogen-bond donors (Lipinski definition) is 2. The van der Waals surface area contributed by atoms with Crippen LogP contribution >= 0.6 is 11.3 Å². The number of carbonyl (C=O) groups is 1. The Balaban J connectivity index is 2.04. The number of nitrogens with zero attached hydrogens (tertiary/aromatic N) is 2. The predicted octanol–water partition coefficient (Wildman–Crippen LogP) is 2.27. The second-order valence-electron chi connectivity index (χ2n) is 4.14. The minimum absolute atomic E-state index is 0.191. The van der Waals surface area contributed by atoms with Crippen molar-refractivity contribution in [1.29, 1.82) is 0 Å². The lowest BCUT2D eigenvalue weighted by Crippen LogP contribution is -2.35. The molecule has 0 saturated heterocycles. The van der Waals surface area contributed by atoms with E-state index in [9.17, 15) is 4.79 Å². The van der Waals surface area contributed by atoms with Crippen molar-refractivity contribution in [1.82, 2.24) is 9.97 Å². The lowest BCUT2D eigenvalue weighted by atomic mass is 10.2. The maximum Gasteiger partial charge on any atom is 0.243 e. The second kappa shape index (κ2) is 6.40. The minimum atomic E-state index is -0.479. The molecule has 2 rings (SSSR count). The summed E-state index contributed by atoms with van der Waals surface area (Å²) in [6.07, 6.45) is 3.26. The number of rotatable bonds is 5. The van der Waals surface area contributed by atoms with Crippen molar-refractivity contribution in [3.05, 3.63) is 29.8 Å². The monoisotopic (exact) mass is 276 g/mol. The van der Waals surface area contributed by atoms with E-state index < -0.39 is 6.04 Å². The Labute approximate surface area is 115 Å². The number of nitrogens with two attached hydrogens (primary N) is 1. The zero-order valence-corrected chi connectivity index (χ0v) is 11.5. The van der Waals surface area contributed by atoms with E-state index in [0.717, 1.165) is 17.8 Å². The average molecular weight is 276 g/mol. The molecule has 0 saturated carbocycles. The summed E-state index contributed by atoms with van der Waals surface area (Å²) in [6, 6.07) is 5.15. The van der Waals surface area contributed by atoms with Crippen molar-refractivity contribution in [3.63, 3.8) is 0 Å². The van der Waals surface area contributed by atoms with E-state index in [2.05, 4.69) is 15.3 Å². The van der Waals surface area contributed by atoms with Gasteiger partial charge in [-0.05, 0) is 18.6 Å². The normalized spacial score (nSPS) is 12.1. The van der Waals surface area contributed by atoms with Crippen molar-refractivity contribution in [3.8, 4) is 11.4 Å². The Bertz CT molecular complexity index is 541. The predicted molar refractivity (Wildman–Crippen MR) is 76.9 cm³/mol. The van der Waals surface area contributed by atoms with Gasteiger partial charge in [-0.1, -0.05) is 19.4 Å². The standard InChI is InChI=1S/C13H16N4OS/c1-2-5-9(14)12(18)17-13-16-11(8-19-13)10-6-3-4-7-15-10/h3-4,6-9H,2,5,14H2,1H3,(H,16,17,18). The molecule has 100 valence electrons. The fourth-order valence-corrected chi connectivity index (χ4v) is 2.31. The van der Waals surface area contributed by atoms with Crippen LogP contribution in [0.15, 0.2) is 29.8 Å². The van der Waals surface area contributed by atoms with Gasteiger partial charge in [-0.3, -0.25) is 9.78 Å². The summed E-state index contributed by atoms with van der Waals surface area (Å²) in [6.45, 7) is 2.00. The smallest absolute Gasteiger partial charge is 0.243 e. The molecule has 6 heteroatoms. The van der Waals surface area contributed by atoms with E-state index in [-0.39, 0.29) is 5.91 Å². The van der Waals surface area contributed by atoms with Crippen LogP contribution < -0.4 is 11.1 Å². The van der Waals surface area contributed by atoms with Gasteiger partial charge in [0.1, 0.15) is 5.69 Å². The number of anilines is 1. The first-order valence-electron chi connectivity index (χ1n) is 6.14. The molecule has 0 aromatic carbocycles. The number of pyridine rings is 1. The average Bonchev–Trinajstić information content (AvgIpc) is 2.88. The van der Waals surface area contributed by atoms with E-state index in [1.165, 1.54) is 11.3 Å². The summed E-state index contributed by atoms with van der Waals surface area (Å²) in [4.78, 5) is 20.3. The van der Waals surface area contributed by atoms with Crippen molar-refractivity contribution < 1.29 is 4.79 Å². The third-order valence-corrected chi connectivity index (χ3v) is 3.36. The highest BCUT2D eigenvalue weighted by Gasteiger charge is 2.14. The quantitative estimate of drug-likeness (QED) is 0.877. The number of nitrogens with one attached hydrogen (secondary N) is 1. The van der Waals surface area contributed by atoms with E-state index in [4.69, 9.17) is 5.73 Å². The Morgan fingerprint density at radius 1 is 1.47 bits per heavy atom. The number of thiazole rings is 1. The molecule has 0 fully saturated rings. The molecule has 19 heavy (non-hydrogen) atoms. The topological polar surface area (TPSA) is 80.9 Å². The van der Waals surface area contributed by atoms with Gasteiger partial charge >= 0.3 is 0 Å². The van der Waals surface area contributed by atoms with Gasteiger partial charge < -0.3 is 11.1 Å².